The van der Waals surface area contributed by atoms with E-state index >= 15 is 0 Å². The normalized spacial score (nSPS) is 14.1. The van der Waals surface area contributed by atoms with Crippen molar-refractivity contribution in [3.05, 3.63) is 0 Å². The number of quaternary nitrogens is 1. The molecule has 6 heteroatoms. The topological polar surface area (TPSA) is 66.4 Å². The number of unbranched alkanes of at least 4 members (excludes halogenated alkanes) is 9. The van der Waals surface area contributed by atoms with Crippen LogP contribution in [0.3, 0.4) is 0 Å². The summed E-state index contributed by atoms with van der Waals surface area (Å²) in [7, 11) is -0.789. The highest BCUT2D eigenvalue weighted by atomic mass is 32.3. The van der Waals surface area contributed by atoms with Gasteiger partial charge in [-0.25, -0.2) is 12.6 Å². The molecule has 0 rings (SSSR count). The van der Waals surface area contributed by atoms with Crippen molar-refractivity contribution in [1.29, 1.82) is 0 Å². The van der Waals surface area contributed by atoms with Crippen molar-refractivity contribution in [2.75, 3.05) is 20.6 Å². The van der Waals surface area contributed by atoms with E-state index in [2.05, 4.69) is 11.1 Å². The van der Waals surface area contributed by atoms with Crippen LogP contribution in [0.4, 0.5) is 0 Å². The van der Waals surface area contributed by atoms with Gasteiger partial charge in [0.25, 0.3) is 0 Å². The molecule has 1 atom stereocenters. The van der Waals surface area contributed by atoms with Gasteiger partial charge < -0.3 is 9.04 Å². The number of hydrogen-bond acceptors (Lipinski definition) is 4. The van der Waals surface area contributed by atoms with Crippen LogP contribution >= 0.6 is 0 Å². The molecule has 0 aromatic rings. The van der Waals surface area contributed by atoms with Crippen molar-refractivity contribution < 1.29 is 21.6 Å². The van der Waals surface area contributed by atoms with Gasteiger partial charge in [-0.15, -0.1) is 0 Å². The fraction of sp³-hybridized carbons (Fsp3) is 1.00. The molecule has 0 spiro atoms. The first-order chi connectivity index (χ1) is 10.7. The Hall–Kier alpha value is -0.170. The monoisotopic (exact) mass is 351 g/mol. The first-order valence-corrected chi connectivity index (χ1v) is 10.5. The van der Waals surface area contributed by atoms with Gasteiger partial charge in [0.2, 0.25) is 16.6 Å². The zero-order valence-corrected chi connectivity index (χ0v) is 16.4. The lowest BCUT2D eigenvalue weighted by atomic mass is 10.1. The Bertz CT molecular complexity index is 382. The predicted octanol–water partition coefficient (Wildman–Crippen LogP) is 4.20. The lowest BCUT2D eigenvalue weighted by molar-refractivity contribution is -0.933. The Morgan fingerprint density at radius 1 is 0.870 bits per heavy atom. The van der Waals surface area contributed by atoms with Crippen molar-refractivity contribution in [2.45, 2.75) is 90.7 Å². The van der Waals surface area contributed by atoms with E-state index < -0.39 is 16.6 Å². The first kappa shape index (κ1) is 22.8. The summed E-state index contributed by atoms with van der Waals surface area (Å²) in [5.74, 6) is 0. The number of rotatable bonds is 15. The van der Waals surface area contributed by atoms with Crippen LogP contribution in [0.25, 0.3) is 0 Å². The third-order valence-electron chi connectivity index (χ3n) is 4.45. The minimum atomic E-state index is -4.64. The van der Waals surface area contributed by atoms with Gasteiger partial charge in [-0.1, -0.05) is 65.2 Å². The molecule has 0 radical (unpaired) electrons. The average molecular weight is 352 g/mol. The number of nitrogens with zero attached hydrogens (tertiary/aromatic N) is 1. The molecule has 5 nitrogen and oxygen atoms in total. The van der Waals surface area contributed by atoms with Crippen molar-refractivity contribution in [3.8, 4) is 0 Å². The minimum absolute atomic E-state index is 0.412. The van der Waals surface area contributed by atoms with Crippen LogP contribution in [-0.2, 0) is 14.6 Å². The van der Waals surface area contributed by atoms with Gasteiger partial charge in [0.1, 0.15) is 0 Å². The van der Waals surface area contributed by atoms with E-state index in [-0.39, 0.29) is 0 Å². The quantitative estimate of drug-likeness (QED) is 0.146. The largest absolute Gasteiger partial charge is 0.725 e. The van der Waals surface area contributed by atoms with Crippen molar-refractivity contribution in [3.63, 3.8) is 0 Å². The predicted molar refractivity (Wildman–Crippen MR) is 93.7 cm³/mol. The second kappa shape index (κ2) is 12.2. The first-order valence-electron chi connectivity index (χ1n) is 9.19. The zero-order valence-electron chi connectivity index (χ0n) is 15.6. The second-order valence-electron chi connectivity index (χ2n) is 7.05. The molecule has 0 aliphatic carbocycles. The van der Waals surface area contributed by atoms with Crippen molar-refractivity contribution in [1.82, 2.24) is 0 Å². The lowest BCUT2D eigenvalue weighted by Gasteiger charge is -2.37. The minimum Gasteiger partial charge on any atom is -0.725 e. The molecule has 23 heavy (non-hydrogen) atoms. The molecule has 140 valence electrons. The van der Waals surface area contributed by atoms with Gasteiger partial charge in [0, 0.05) is 6.42 Å². The summed E-state index contributed by atoms with van der Waals surface area (Å²) in [6.45, 7) is 4.90. The van der Waals surface area contributed by atoms with Crippen molar-refractivity contribution in [2.24, 2.45) is 0 Å². The van der Waals surface area contributed by atoms with Gasteiger partial charge in [-0.3, -0.25) is 0 Å². The summed E-state index contributed by atoms with van der Waals surface area (Å²) in [4.78, 5) is 0. The van der Waals surface area contributed by atoms with E-state index in [1.807, 2.05) is 21.0 Å². The Morgan fingerprint density at radius 2 is 1.30 bits per heavy atom. The molecule has 0 aliphatic rings. The highest BCUT2D eigenvalue weighted by molar-refractivity contribution is 7.80. The van der Waals surface area contributed by atoms with E-state index in [1.54, 1.807) is 0 Å². The van der Waals surface area contributed by atoms with Crippen molar-refractivity contribution >= 4 is 10.4 Å². The fourth-order valence-electron chi connectivity index (χ4n) is 2.97. The summed E-state index contributed by atoms with van der Waals surface area (Å²) in [5, 5.41) is 0. The highest BCUT2D eigenvalue weighted by Gasteiger charge is 2.29. The zero-order chi connectivity index (χ0) is 17.8. The number of hydrogen-bond donors (Lipinski definition) is 0. The maximum atomic E-state index is 10.8. The van der Waals surface area contributed by atoms with E-state index in [4.69, 9.17) is 0 Å². The smallest absolute Gasteiger partial charge is 0.222 e. The van der Waals surface area contributed by atoms with Crippen LogP contribution in [-0.4, -0.2) is 44.3 Å². The van der Waals surface area contributed by atoms with Gasteiger partial charge in [0.15, 0.2) is 0 Å². The molecule has 0 amide bonds. The van der Waals surface area contributed by atoms with Crippen LogP contribution in [0.15, 0.2) is 0 Å². The molecule has 0 fully saturated rings. The van der Waals surface area contributed by atoms with Crippen LogP contribution in [0.5, 0.6) is 0 Å². The van der Waals surface area contributed by atoms with Crippen LogP contribution in [0.2, 0.25) is 0 Å². The molecule has 0 aromatic carbocycles. The summed E-state index contributed by atoms with van der Waals surface area (Å²) < 4.78 is 37.5. The second-order valence-corrected chi connectivity index (χ2v) is 8.06. The molecule has 0 bridgehead atoms. The molecular weight excluding hydrogens is 314 g/mol. The molecule has 0 N–H and O–H groups in total. The molecule has 1 unspecified atom stereocenters. The lowest BCUT2D eigenvalue weighted by Crippen LogP contribution is -2.51. The standard InChI is InChI=1S/C17H37NO4S/c1-5-7-8-9-10-11-12-13-14-15-16-18(3,4)17(6-2)22-23(19,20)21/h17H,5-16H2,1-4H3. The van der Waals surface area contributed by atoms with Gasteiger partial charge >= 0.3 is 0 Å². The summed E-state index contributed by atoms with van der Waals surface area (Å²) in [6, 6.07) is 0. The average Bonchev–Trinajstić information content (AvgIpc) is 2.45. The Balaban J connectivity index is 3.80. The van der Waals surface area contributed by atoms with Crippen LogP contribution in [0, 0.1) is 0 Å². The van der Waals surface area contributed by atoms with E-state index in [1.165, 1.54) is 51.4 Å². The van der Waals surface area contributed by atoms with E-state index in [9.17, 15) is 13.0 Å². The molecule has 0 saturated carbocycles. The molecule has 0 aliphatic heterocycles. The maximum Gasteiger partial charge on any atom is 0.222 e. The van der Waals surface area contributed by atoms with Gasteiger partial charge in [-0.2, -0.15) is 0 Å². The van der Waals surface area contributed by atoms with Gasteiger partial charge in [-0.05, 0) is 12.8 Å². The Labute approximate surface area is 143 Å². The molecule has 0 saturated heterocycles. The van der Waals surface area contributed by atoms with Crippen LogP contribution < -0.4 is 0 Å². The Morgan fingerprint density at radius 3 is 1.70 bits per heavy atom. The van der Waals surface area contributed by atoms with E-state index in [0.717, 1.165) is 19.4 Å². The third-order valence-corrected chi connectivity index (χ3v) is 4.90. The summed E-state index contributed by atoms with van der Waals surface area (Å²) in [5.41, 5.74) is 0. The molecule has 0 heterocycles. The van der Waals surface area contributed by atoms with E-state index in [0.29, 0.717) is 10.9 Å². The summed E-state index contributed by atoms with van der Waals surface area (Å²) in [6.07, 6.45) is 12.6. The van der Waals surface area contributed by atoms with Gasteiger partial charge in [0.05, 0.1) is 20.6 Å². The maximum absolute atomic E-state index is 10.8. The third kappa shape index (κ3) is 12.9. The molecular formula is C17H37NO4S. The fourth-order valence-corrected chi connectivity index (χ4v) is 3.61. The summed E-state index contributed by atoms with van der Waals surface area (Å²) >= 11 is 0. The highest BCUT2D eigenvalue weighted by Crippen LogP contribution is 2.17. The Kier molecular flexibility index (Phi) is 12.1. The SMILES string of the molecule is CCCCCCCCCCCC[N+](C)(C)C(CC)OS(=O)(=O)[O-]. The van der Waals surface area contributed by atoms with Crippen LogP contribution in [0.1, 0.15) is 84.5 Å². The molecule has 0 aromatic heterocycles.